The number of hydrogen-bond acceptors (Lipinski definition) is 11. The molecule has 0 aromatic carbocycles. The molecule has 10 atom stereocenters. The summed E-state index contributed by atoms with van der Waals surface area (Å²) in [6.07, 6.45) is 0.112. The number of ketones is 1. The van der Waals surface area contributed by atoms with Crippen molar-refractivity contribution in [2.45, 2.75) is 143 Å². The van der Waals surface area contributed by atoms with Crippen LogP contribution in [0, 0.1) is 17.3 Å². The molecule has 2 aliphatic rings. The van der Waals surface area contributed by atoms with Crippen molar-refractivity contribution in [2.24, 2.45) is 17.3 Å². The Kier molecular flexibility index (Phi) is 16.7. The van der Waals surface area contributed by atoms with Crippen molar-refractivity contribution in [3.8, 4) is 0 Å². The highest BCUT2D eigenvalue weighted by Gasteiger charge is 2.51. The fourth-order valence-electron chi connectivity index (χ4n) is 7.64. The molecule has 11 nitrogen and oxygen atoms in total. The van der Waals surface area contributed by atoms with Crippen LogP contribution in [0.1, 0.15) is 94.4 Å². The molecule has 47 heavy (non-hydrogen) atoms. The van der Waals surface area contributed by atoms with Gasteiger partial charge in [-0.2, -0.15) is 0 Å². The molecule has 0 saturated carbocycles. The number of esters is 1. The van der Waals surface area contributed by atoms with Gasteiger partial charge in [-0.25, -0.2) is 0 Å². The molecule has 0 aromatic rings. The lowest BCUT2D eigenvalue weighted by Gasteiger charge is -2.47. The first-order valence-corrected chi connectivity index (χ1v) is 18.0. The monoisotopic (exact) mass is 672 g/mol. The van der Waals surface area contributed by atoms with Crippen LogP contribution in [-0.4, -0.2) is 146 Å². The normalized spacial score (nSPS) is 35.7. The lowest BCUT2D eigenvalue weighted by atomic mass is 9.74. The predicted molar refractivity (Wildman–Crippen MR) is 184 cm³/mol. The molecule has 0 aromatic heterocycles. The average molecular weight is 672 g/mol. The van der Waals surface area contributed by atoms with E-state index in [0.29, 0.717) is 32.4 Å². The Bertz CT molecular complexity index is 961. The molecular weight excluding hydrogens is 602 g/mol. The third kappa shape index (κ3) is 10.9. The number of carbonyl (C=O) groups excluding carboxylic acids is 2. The zero-order valence-electron chi connectivity index (χ0n) is 31.7. The summed E-state index contributed by atoms with van der Waals surface area (Å²) in [5.41, 5.74) is -2.47. The van der Waals surface area contributed by atoms with E-state index in [1.807, 2.05) is 39.8 Å². The van der Waals surface area contributed by atoms with Crippen LogP contribution >= 0.6 is 0 Å². The molecule has 11 heteroatoms. The van der Waals surface area contributed by atoms with Crippen molar-refractivity contribution < 1.29 is 38.7 Å². The lowest BCUT2D eigenvalue weighted by Crippen LogP contribution is -2.59. The van der Waals surface area contributed by atoms with Gasteiger partial charge in [0.1, 0.15) is 18.1 Å². The summed E-state index contributed by atoms with van der Waals surface area (Å²) >= 11 is 0. The molecule has 276 valence electrons. The van der Waals surface area contributed by atoms with Gasteiger partial charge in [-0.3, -0.25) is 14.5 Å². The molecule has 0 amide bonds. The number of hydrogen-bond donors (Lipinski definition) is 2. The van der Waals surface area contributed by atoms with Crippen LogP contribution in [0.3, 0.4) is 0 Å². The predicted octanol–water partition coefficient (Wildman–Crippen LogP) is 3.58. The second-order valence-corrected chi connectivity index (χ2v) is 15.2. The van der Waals surface area contributed by atoms with Crippen molar-refractivity contribution in [1.82, 2.24) is 14.7 Å². The lowest BCUT2D eigenvalue weighted by molar-refractivity contribution is -0.295. The minimum Gasteiger partial charge on any atom is -0.463 e. The number of ether oxygens (including phenoxy) is 4. The quantitative estimate of drug-likeness (QED) is 0.221. The first-order chi connectivity index (χ1) is 22.0. The highest BCUT2D eigenvalue weighted by Crippen LogP contribution is 2.38. The fourth-order valence-corrected chi connectivity index (χ4v) is 7.64. The Hall–Kier alpha value is -1.18. The summed E-state index contributed by atoms with van der Waals surface area (Å²) in [6.45, 7) is 21.3. The summed E-state index contributed by atoms with van der Waals surface area (Å²) in [6, 6.07) is -0.627. The van der Waals surface area contributed by atoms with Gasteiger partial charge in [0.2, 0.25) is 0 Å². The van der Waals surface area contributed by atoms with Crippen molar-refractivity contribution in [1.29, 1.82) is 0 Å². The Morgan fingerprint density at radius 2 is 1.66 bits per heavy atom. The number of Topliss-reactive ketones (excluding diaryl/α,β-unsaturated/α-hetero) is 1. The summed E-state index contributed by atoms with van der Waals surface area (Å²) in [5.74, 6) is -1.73. The van der Waals surface area contributed by atoms with Crippen molar-refractivity contribution in [2.75, 3.05) is 60.5 Å². The molecule has 2 saturated heterocycles. The smallest absolute Gasteiger partial charge is 0.319 e. The summed E-state index contributed by atoms with van der Waals surface area (Å²) in [5, 5.41) is 22.9. The zero-order chi connectivity index (χ0) is 35.7. The number of likely N-dealkylation sites (N-methyl/N-ethyl adjacent to an activating group) is 2. The Morgan fingerprint density at radius 3 is 2.19 bits per heavy atom. The van der Waals surface area contributed by atoms with Gasteiger partial charge in [-0.1, -0.05) is 34.6 Å². The first kappa shape index (κ1) is 42.0. The van der Waals surface area contributed by atoms with Gasteiger partial charge in [0.15, 0.2) is 12.1 Å². The first-order valence-electron chi connectivity index (χ1n) is 18.0. The Balaban J connectivity index is 2.50. The van der Waals surface area contributed by atoms with Crippen LogP contribution in [0.25, 0.3) is 0 Å². The van der Waals surface area contributed by atoms with Crippen LogP contribution in [0.5, 0.6) is 0 Å². The number of methoxy groups -OCH3 is 1. The van der Waals surface area contributed by atoms with Gasteiger partial charge < -0.3 is 39.0 Å². The van der Waals surface area contributed by atoms with Crippen LogP contribution in [0.4, 0.5) is 0 Å². The van der Waals surface area contributed by atoms with Crippen molar-refractivity contribution in [3.63, 3.8) is 0 Å². The maximum absolute atomic E-state index is 14.3. The minimum atomic E-state index is -1.49. The van der Waals surface area contributed by atoms with Crippen molar-refractivity contribution >= 4 is 11.8 Å². The second-order valence-electron chi connectivity index (χ2n) is 15.2. The van der Waals surface area contributed by atoms with E-state index in [1.165, 1.54) is 0 Å². The molecule has 2 aliphatic heterocycles. The van der Waals surface area contributed by atoms with E-state index < -0.39 is 53.5 Å². The molecule has 2 fully saturated rings. The number of aliphatic hydroxyl groups excluding tert-OH is 2. The second kappa shape index (κ2) is 18.7. The molecule has 0 bridgehead atoms. The van der Waals surface area contributed by atoms with Crippen LogP contribution in [0.2, 0.25) is 0 Å². The topological polar surface area (TPSA) is 121 Å². The summed E-state index contributed by atoms with van der Waals surface area (Å²) < 4.78 is 24.9. The third-order valence-electron chi connectivity index (χ3n) is 10.4. The van der Waals surface area contributed by atoms with E-state index in [2.05, 4.69) is 30.6 Å². The van der Waals surface area contributed by atoms with Crippen LogP contribution < -0.4 is 0 Å². The molecule has 2 N–H and O–H groups in total. The minimum absolute atomic E-state index is 0.0133. The molecule has 0 spiro atoms. The molecule has 0 aliphatic carbocycles. The maximum Gasteiger partial charge on any atom is 0.319 e. The SMILES string of the molecule is CCCN(CCC)CC[C@@H](O)[C@@H]1COC(=O)C(C)(C)C(=O)[C@H](C)[C@@H](O[C@@H]2O[C@H](C)C[C@H](N(C)C)[C@H]2O)[C@](C)(OC)C[C@@H](C)CN1CC. The highest BCUT2D eigenvalue weighted by molar-refractivity contribution is 6.04. The molecule has 0 radical (unpaired) electrons. The molecular formula is C36H69N3O8. The van der Waals surface area contributed by atoms with Gasteiger partial charge in [0, 0.05) is 32.2 Å². The van der Waals surface area contributed by atoms with Gasteiger partial charge in [0.25, 0.3) is 0 Å². The average Bonchev–Trinajstić information content (AvgIpc) is 3.01. The number of cyclic esters (lactones) is 1. The maximum atomic E-state index is 14.3. The third-order valence-corrected chi connectivity index (χ3v) is 10.4. The van der Waals surface area contributed by atoms with E-state index in [9.17, 15) is 19.8 Å². The number of aliphatic hydroxyl groups is 2. The summed E-state index contributed by atoms with van der Waals surface area (Å²) in [4.78, 5) is 34.5. The number of carbonyl (C=O) groups is 2. The number of nitrogens with zero attached hydrogens (tertiary/aromatic N) is 3. The molecule has 2 rings (SSSR count). The van der Waals surface area contributed by atoms with Crippen molar-refractivity contribution in [3.05, 3.63) is 0 Å². The van der Waals surface area contributed by atoms with E-state index in [-0.39, 0.29) is 30.5 Å². The highest BCUT2D eigenvalue weighted by atomic mass is 16.7. The van der Waals surface area contributed by atoms with E-state index in [0.717, 1.165) is 32.5 Å². The standard InChI is InChI=1S/C36H69N3O8/c1-13-17-38(18-14-2)19-16-29(40)28-23-45-34(43)35(7,8)31(42)26(6)32(36(9,44-12)21-24(4)22-39(28)15-3)47-33-30(41)27(37(10)11)20-25(5)46-33/h24-30,32-33,40-41H,13-23H2,1-12H3/t24-,25-,26+,27+,28+,29-,30-,32-,33+,36-/m1/s1. The van der Waals surface area contributed by atoms with Gasteiger partial charge >= 0.3 is 5.97 Å². The van der Waals surface area contributed by atoms with Gasteiger partial charge in [-0.15, -0.1) is 0 Å². The van der Waals surface area contributed by atoms with E-state index in [4.69, 9.17) is 18.9 Å². The molecule has 0 unspecified atom stereocenters. The number of rotatable bonds is 13. The van der Waals surface area contributed by atoms with Gasteiger partial charge in [-0.05, 0) is 99.4 Å². The summed E-state index contributed by atoms with van der Waals surface area (Å²) in [7, 11) is 5.45. The fraction of sp³-hybridized carbons (Fsp3) is 0.944. The van der Waals surface area contributed by atoms with Crippen LogP contribution in [0.15, 0.2) is 0 Å². The Labute approximate surface area is 285 Å². The van der Waals surface area contributed by atoms with E-state index >= 15 is 0 Å². The Morgan fingerprint density at radius 1 is 1.04 bits per heavy atom. The zero-order valence-corrected chi connectivity index (χ0v) is 31.7. The van der Waals surface area contributed by atoms with E-state index in [1.54, 1.807) is 27.9 Å². The van der Waals surface area contributed by atoms with Crippen LogP contribution in [-0.2, 0) is 28.5 Å². The largest absolute Gasteiger partial charge is 0.463 e. The van der Waals surface area contributed by atoms with Gasteiger partial charge in [0.05, 0.1) is 30.0 Å². The molecule has 2 heterocycles.